The maximum atomic E-state index is 11.6. The highest BCUT2D eigenvalue weighted by Crippen LogP contribution is 2.29. The van der Waals surface area contributed by atoms with Crippen molar-refractivity contribution in [2.45, 2.75) is 44.2 Å². The molecule has 2 aromatic rings. The fourth-order valence-corrected chi connectivity index (χ4v) is 5.91. The van der Waals surface area contributed by atoms with Crippen LogP contribution in [0.4, 0.5) is 0 Å². The molecule has 0 spiro atoms. The van der Waals surface area contributed by atoms with E-state index in [-0.39, 0.29) is 17.6 Å². The summed E-state index contributed by atoms with van der Waals surface area (Å²) < 4.78 is 34.6. The van der Waals surface area contributed by atoms with Gasteiger partial charge in [-0.05, 0) is 62.4 Å². The summed E-state index contributed by atoms with van der Waals surface area (Å²) in [6, 6.07) is 6.71. The van der Waals surface area contributed by atoms with Crippen molar-refractivity contribution in [3.63, 3.8) is 0 Å². The zero-order valence-electron chi connectivity index (χ0n) is 16.5. The zero-order chi connectivity index (χ0) is 19.6. The van der Waals surface area contributed by atoms with Gasteiger partial charge in [0.25, 0.3) is 0 Å². The molecule has 0 saturated carbocycles. The highest BCUT2D eigenvalue weighted by molar-refractivity contribution is 7.91. The van der Waals surface area contributed by atoms with E-state index in [1.165, 1.54) is 23.8 Å². The number of nitrogens with zero attached hydrogens (tertiary/aromatic N) is 1. The van der Waals surface area contributed by atoms with E-state index >= 15 is 0 Å². The molecule has 0 radical (unpaired) electrons. The van der Waals surface area contributed by atoms with Crippen molar-refractivity contribution in [2.24, 2.45) is 0 Å². The number of hydrogen-bond acceptors (Lipinski definition) is 5. The topological polar surface area (TPSA) is 71.6 Å². The Morgan fingerprint density at radius 2 is 2.04 bits per heavy atom. The van der Waals surface area contributed by atoms with Gasteiger partial charge < -0.3 is 14.5 Å². The first-order valence-corrected chi connectivity index (χ1v) is 12.1. The highest BCUT2D eigenvalue weighted by Gasteiger charge is 2.26. The van der Waals surface area contributed by atoms with E-state index in [1.54, 1.807) is 7.11 Å². The predicted molar refractivity (Wildman–Crippen MR) is 111 cm³/mol. The normalized spacial score (nSPS) is 23.4. The largest absolute Gasteiger partial charge is 0.490 e. The first kappa shape index (κ1) is 19.7. The molecule has 0 unspecified atom stereocenters. The number of sulfone groups is 1. The van der Waals surface area contributed by atoms with E-state index in [1.807, 2.05) is 6.07 Å². The van der Waals surface area contributed by atoms with Crippen molar-refractivity contribution in [1.82, 2.24) is 9.88 Å². The third kappa shape index (κ3) is 4.53. The summed E-state index contributed by atoms with van der Waals surface area (Å²) in [7, 11) is -1.11. The van der Waals surface area contributed by atoms with Crippen LogP contribution in [0.5, 0.6) is 5.75 Å². The number of hydrogen-bond donors (Lipinski definition) is 1. The monoisotopic (exact) mass is 406 g/mol. The summed E-state index contributed by atoms with van der Waals surface area (Å²) in [5, 5.41) is 1.21. The van der Waals surface area contributed by atoms with E-state index in [2.05, 4.69) is 28.2 Å². The molecule has 1 atom stereocenters. The highest BCUT2D eigenvalue weighted by atomic mass is 32.2. The molecule has 7 heteroatoms. The minimum Gasteiger partial charge on any atom is -0.490 e. The average Bonchev–Trinajstić information content (AvgIpc) is 3.29. The van der Waals surface area contributed by atoms with Crippen LogP contribution in [-0.2, 0) is 21.0 Å². The lowest BCUT2D eigenvalue weighted by Gasteiger charge is -2.24. The van der Waals surface area contributed by atoms with E-state index < -0.39 is 9.84 Å². The number of ether oxygens (including phenoxy) is 2. The Labute approximate surface area is 167 Å². The van der Waals surface area contributed by atoms with Gasteiger partial charge in [-0.3, -0.25) is 4.90 Å². The summed E-state index contributed by atoms with van der Waals surface area (Å²) in [4.78, 5) is 5.92. The predicted octanol–water partition coefficient (Wildman–Crippen LogP) is 2.78. The summed E-state index contributed by atoms with van der Waals surface area (Å²) in [5.41, 5.74) is 2.44. The number of nitrogens with one attached hydrogen (secondary N) is 1. The van der Waals surface area contributed by atoms with Crippen LogP contribution in [0, 0.1) is 0 Å². The van der Waals surface area contributed by atoms with Crippen LogP contribution in [-0.4, -0.2) is 68.8 Å². The molecule has 2 saturated heterocycles. The summed E-state index contributed by atoms with van der Waals surface area (Å²) >= 11 is 0. The standard InChI is InChI=1S/C21H30N2O4S/c1-26-10-9-23-8-2-3-17(23)13-16-15-22-21-5-4-19(14-20(16)21)27-18-6-11-28(24,25)12-7-18/h4-5,14-15,17-18,22H,2-3,6-13H2,1H3/t17-/m1/s1. The lowest BCUT2D eigenvalue weighted by molar-refractivity contribution is 0.141. The lowest BCUT2D eigenvalue weighted by Crippen LogP contribution is -2.33. The Morgan fingerprint density at radius 3 is 2.82 bits per heavy atom. The number of benzene rings is 1. The van der Waals surface area contributed by atoms with Gasteiger partial charge in [-0.15, -0.1) is 0 Å². The maximum absolute atomic E-state index is 11.6. The number of methoxy groups -OCH3 is 1. The van der Waals surface area contributed by atoms with Crippen molar-refractivity contribution in [3.05, 3.63) is 30.0 Å². The van der Waals surface area contributed by atoms with Crippen molar-refractivity contribution in [2.75, 3.05) is 38.3 Å². The van der Waals surface area contributed by atoms with E-state index in [9.17, 15) is 8.42 Å². The molecular weight excluding hydrogens is 376 g/mol. The van der Waals surface area contributed by atoms with Crippen LogP contribution in [0.1, 0.15) is 31.2 Å². The summed E-state index contributed by atoms with van der Waals surface area (Å²) in [5.74, 6) is 1.29. The van der Waals surface area contributed by atoms with Crippen LogP contribution in [0.2, 0.25) is 0 Å². The van der Waals surface area contributed by atoms with Crippen LogP contribution in [0.3, 0.4) is 0 Å². The third-order valence-electron chi connectivity index (χ3n) is 6.08. The Bertz CT molecular complexity index is 894. The van der Waals surface area contributed by atoms with Crippen LogP contribution >= 0.6 is 0 Å². The quantitative estimate of drug-likeness (QED) is 0.766. The smallest absolute Gasteiger partial charge is 0.150 e. The Hall–Kier alpha value is -1.57. The lowest BCUT2D eigenvalue weighted by atomic mass is 10.0. The molecule has 0 aliphatic carbocycles. The minimum absolute atomic E-state index is 0.0114. The van der Waals surface area contributed by atoms with E-state index in [4.69, 9.17) is 9.47 Å². The maximum Gasteiger partial charge on any atom is 0.150 e. The first-order valence-electron chi connectivity index (χ1n) is 10.2. The number of fused-ring (bicyclic) bond motifs is 1. The molecule has 2 aliphatic heterocycles. The second kappa shape index (κ2) is 8.43. The van der Waals surface area contributed by atoms with Gasteiger partial charge in [0, 0.05) is 36.8 Å². The molecule has 4 rings (SSSR count). The van der Waals surface area contributed by atoms with Gasteiger partial charge in [0.1, 0.15) is 11.9 Å². The number of likely N-dealkylation sites (tertiary alicyclic amines) is 1. The fourth-order valence-electron chi connectivity index (χ4n) is 4.46. The van der Waals surface area contributed by atoms with Gasteiger partial charge in [0.05, 0.1) is 18.1 Å². The minimum atomic E-state index is -2.86. The zero-order valence-corrected chi connectivity index (χ0v) is 17.3. The number of aromatic amines is 1. The molecular formula is C21H30N2O4S. The summed E-state index contributed by atoms with van der Waals surface area (Å²) in [6.45, 7) is 2.91. The Balaban J connectivity index is 1.46. The van der Waals surface area contributed by atoms with E-state index in [0.29, 0.717) is 18.9 Å². The molecule has 3 heterocycles. The van der Waals surface area contributed by atoms with Gasteiger partial charge in [-0.2, -0.15) is 0 Å². The second-order valence-electron chi connectivity index (χ2n) is 8.02. The van der Waals surface area contributed by atoms with Gasteiger partial charge in [0.15, 0.2) is 9.84 Å². The average molecular weight is 407 g/mol. The van der Waals surface area contributed by atoms with Gasteiger partial charge in [0.2, 0.25) is 0 Å². The third-order valence-corrected chi connectivity index (χ3v) is 7.80. The van der Waals surface area contributed by atoms with Crippen LogP contribution < -0.4 is 4.74 Å². The van der Waals surface area contributed by atoms with Gasteiger partial charge >= 0.3 is 0 Å². The molecule has 0 amide bonds. The Kier molecular flexibility index (Phi) is 5.94. The first-order chi connectivity index (χ1) is 13.5. The molecule has 0 bridgehead atoms. The van der Waals surface area contributed by atoms with Crippen molar-refractivity contribution < 1.29 is 17.9 Å². The van der Waals surface area contributed by atoms with E-state index in [0.717, 1.165) is 37.4 Å². The van der Waals surface area contributed by atoms with Crippen molar-refractivity contribution >= 4 is 20.7 Å². The number of H-pyrrole nitrogens is 1. The summed E-state index contributed by atoms with van der Waals surface area (Å²) in [6.07, 6.45) is 6.76. The van der Waals surface area contributed by atoms with Crippen molar-refractivity contribution in [1.29, 1.82) is 0 Å². The molecule has 6 nitrogen and oxygen atoms in total. The SMILES string of the molecule is COCCN1CCC[C@@H]1Cc1c[nH]c2ccc(OC3CCS(=O)(=O)CC3)cc12. The van der Waals surface area contributed by atoms with Crippen molar-refractivity contribution in [3.8, 4) is 5.75 Å². The molecule has 1 aromatic heterocycles. The number of aromatic nitrogens is 1. The molecule has 1 aromatic carbocycles. The van der Waals surface area contributed by atoms with Gasteiger partial charge in [-0.25, -0.2) is 8.42 Å². The Morgan fingerprint density at radius 1 is 1.21 bits per heavy atom. The second-order valence-corrected chi connectivity index (χ2v) is 10.3. The molecule has 1 N–H and O–H groups in total. The molecule has 2 aliphatic rings. The molecule has 154 valence electrons. The molecule has 28 heavy (non-hydrogen) atoms. The number of rotatable bonds is 7. The molecule has 2 fully saturated rings. The fraction of sp³-hybridized carbons (Fsp3) is 0.619. The van der Waals surface area contributed by atoms with Gasteiger partial charge in [-0.1, -0.05) is 0 Å². The van der Waals surface area contributed by atoms with Crippen LogP contribution in [0.25, 0.3) is 10.9 Å². The van der Waals surface area contributed by atoms with Crippen LogP contribution in [0.15, 0.2) is 24.4 Å².